The molecule has 1 unspecified atom stereocenters. The van der Waals surface area contributed by atoms with E-state index in [4.69, 9.17) is 0 Å². The van der Waals surface area contributed by atoms with Crippen LogP contribution in [0.15, 0.2) is 24.3 Å². The quantitative estimate of drug-likeness (QED) is 0.912. The van der Waals surface area contributed by atoms with E-state index < -0.39 is 5.97 Å². The van der Waals surface area contributed by atoms with E-state index in [2.05, 4.69) is 11.4 Å². The molecule has 2 N–H and O–H groups in total. The van der Waals surface area contributed by atoms with Crippen molar-refractivity contribution in [2.45, 2.75) is 25.7 Å². The van der Waals surface area contributed by atoms with Crippen LogP contribution in [0.2, 0.25) is 0 Å². The number of carboxylic acids is 1. The van der Waals surface area contributed by atoms with Crippen LogP contribution in [-0.2, 0) is 13.5 Å². The van der Waals surface area contributed by atoms with Crippen molar-refractivity contribution < 1.29 is 9.90 Å². The predicted molar refractivity (Wildman–Crippen MR) is 83.8 cm³/mol. The minimum absolute atomic E-state index is 0.361. The maximum Gasteiger partial charge on any atom is 0.352 e. The maximum absolute atomic E-state index is 11.3. The first kappa shape index (κ1) is 14.1. The number of benzene rings is 1. The van der Waals surface area contributed by atoms with Crippen LogP contribution in [0.5, 0.6) is 0 Å². The summed E-state index contributed by atoms with van der Waals surface area (Å²) in [5.41, 5.74) is 2.71. The Morgan fingerprint density at radius 1 is 1.38 bits per heavy atom. The first-order chi connectivity index (χ1) is 10.2. The zero-order chi connectivity index (χ0) is 14.8. The first-order valence-corrected chi connectivity index (χ1v) is 7.68. The largest absolute Gasteiger partial charge is 0.477 e. The number of aryl methyl sites for hydroxylation is 1. The molecule has 0 saturated carbocycles. The van der Waals surface area contributed by atoms with E-state index in [9.17, 15) is 9.90 Å². The molecule has 1 aliphatic heterocycles. The molecule has 1 aromatic heterocycles. The molecule has 4 nitrogen and oxygen atoms in total. The van der Waals surface area contributed by atoms with E-state index in [1.807, 2.05) is 23.7 Å². The van der Waals surface area contributed by atoms with Gasteiger partial charge < -0.3 is 15.0 Å². The topological polar surface area (TPSA) is 54.3 Å². The Labute approximate surface area is 124 Å². The molecule has 0 spiro atoms. The van der Waals surface area contributed by atoms with E-state index in [-0.39, 0.29) is 0 Å². The highest BCUT2D eigenvalue weighted by atomic mass is 16.4. The third-order valence-corrected chi connectivity index (χ3v) is 4.56. The zero-order valence-electron chi connectivity index (χ0n) is 12.4. The van der Waals surface area contributed by atoms with Crippen LogP contribution < -0.4 is 5.32 Å². The molecule has 21 heavy (non-hydrogen) atoms. The van der Waals surface area contributed by atoms with Crippen molar-refractivity contribution >= 4 is 16.9 Å². The molecule has 1 fully saturated rings. The molecule has 0 radical (unpaired) electrons. The highest BCUT2D eigenvalue weighted by Crippen LogP contribution is 2.27. The van der Waals surface area contributed by atoms with Crippen molar-refractivity contribution in [2.75, 3.05) is 13.1 Å². The summed E-state index contributed by atoms with van der Waals surface area (Å²) >= 11 is 0. The van der Waals surface area contributed by atoms with Crippen molar-refractivity contribution in [1.82, 2.24) is 9.88 Å². The molecule has 2 aromatic rings. The Morgan fingerprint density at radius 2 is 2.24 bits per heavy atom. The van der Waals surface area contributed by atoms with Crippen LogP contribution in [0.25, 0.3) is 10.9 Å². The lowest BCUT2D eigenvalue weighted by Crippen LogP contribution is -2.14. The molecule has 0 amide bonds. The third kappa shape index (κ3) is 2.81. The summed E-state index contributed by atoms with van der Waals surface area (Å²) in [5, 5.41) is 13.8. The summed E-state index contributed by atoms with van der Waals surface area (Å²) in [6.07, 6.45) is 4.72. The summed E-state index contributed by atoms with van der Waals surface area (Å²) in [6.45, 7) is 2.21. The highest BCUT2D eigenvalue weighted by molar-refractivity contribution is 5.95. The fourth-order valence-electron chi connectivity index (χ4n) is 3.48. The molecular weight excluding hydrogens is 264 g/mol. The van der Waals surface area contributed by atoms with Gasteiger partial charge in [0.2, 0.25) is 0 Å². The van der Waals surface area contributed by atoms with Crippen LogP contribution in [0.1, 0.15) is 35.3 Å². The summed E-state index contributed by atoms with van der Waals surface area (Å²) < 4.78 is 1.82. The molecule has 112 valence electrons. The van der Waals surface area contributed by atoms with Crippen molar-refractivity contribution in [3.05, 3.63) is 35.5 Å². The van der Waals surface area contributed by atoms with Crippen LogP contribution in [-0.4, -0.2) is 28.7 Å². The van der Waals surface area contributed by atoms with Gasteiger partial charge in [0.25, 0.3) is 0 Å². The molecule has 1 saturated heterocycles. The van der Waals surface area contributed by atoms with Crippen LogP contribution in [0, 0.1) is 5.92 Å². The van der Waals surface area contributed by atoms with E-state index in [1.165, 1.54) is 24.8 Å². The van der Waals surface area contributed by atoms with E-state index in [1.54, 1.807) is 6.07 Å². The van der Waals surface area contributed by atoms with Gasteiger partial charge >= 0.3 is 5.97 Å². The Morgan fingerprint density at radius 3 is 3.05 bits per heavy atom. The SMILES string of the molecule is Cn1c(C(=O)O)cc2cccc(CC3CCCNCC3)c21. The predicted octanol–water partition coefficient (Wildman–Crippen LogP) is 2.81. The number of para-hydroxylation sites is 1. The minimum Gasteiger partial charge on any atom is -0.477 e. The average Bonchev–Trinajstić information content (AvgIpc) is 2.64. The van der Waals surface area contributed by atoms with Gasteiger partial charge in [0, 0.05) is 12.4 Å². The lowest BCUT2D eigenvalue weighted by molar-refractivity contribution is 0.0687. The maximum atomic E-state index is 11.3. The van der Waals surface area contributed by atoms with E-state index in [0.717, 1.165) is 30.4 Å². The standard InChI is InChI=1S/C17H22N2O2/c1-19-15(17(20)21)11-14-6-2-5-13(16(14)19)10-12-4-3-8-18-9-7-12/h2,5-6,11-12,18H,3-4,7-10H2,1H3,(H,20,21). The molecule has 0 aliphatic carbocycles. The second-order valence-electron chi connectivity index (χ2n) is 6.00. The molecule has 0 bridgehead atoms. The number of aromatic nitrogens is 1. The number of nitrogens with one attached hydrogen (secondary N) is 1. The molecule has 1 aliphatic rings. The number of hydrogen-bond acceptors (Lipinski definition) is 2. The Bertz CT molecular complexity index is 652. The van der Waals surface area contributed by atoms with Gasteiger partial charge in [0.15, 0.2) is 0 Å². The molecule has 3 rings (SSSR count). The second-order valence-corrected chi connectivity index (χ2v) is 6.00. The number of fused-ring (bicyclic) bond motifs is 1. The van der Waals surface area contributed by atoms with Crippen LogP contribution in [0.4, 0.5) is 0 Å². The molecule has 1 aromatic carbocycles. The van der Waals surface area contributed by atoms with Gasteiger partial charge in [-0.05, 0) is 56.3 Å². The van der Waals surface area contributed by atoms with Gasteiger partial charge in [-0.2, -0.15) is 0 Å². The first-order valence-electron chi connectivity index (χ1n) is 7.68. The Balaban J connectivity index is 1.96. The lowest BCUT2D eigenvalue weighted by Gasteiger charge is -2.15. The van der Waals surface area contributed by atoms with Crippen LogP contribution in [0.3, 0.4) is 0 Å². The summed E-state index contributed by atoms with van der Waals surface area (Å²) in [4.78, 5) is 11.3. The smallest absolute Gasteiger partial charge is 0.352 e. The van der Waals surface area contributed by atoms with Crippen molar-refractivity contribution in [3.8, 4) is 0 Å². The van der Waals surface area contributed by atoms with Gasteiger partial charge in [-0.15, -0.1) is 0 Å². The molecular formula is C17H22N2O2. The third-order valence-electron chi connectivity index (χ3n) is 4.56. The molecule has 2 heterocycles. The van der Waals surface area contributed by atoms with E-state index >= 15 is 0 Å². The minimum atomic E-state index is -0.863. The average molecular weight is 286 g/mol. The fourth-order valence-corrected chi connectivity index (χ4v) is 3.48. The Hall–Kier alpha value is -1.81. The molecule has 4 heteroatoms. The number of hydrogen-bond donors (Lipinski definition) is 2. The van der Waals surface area contributed by atoms with Crippen molar-refractivity contribution in [1.29, 1.82) is 0 Å². The monoisotopic (exact) mass is 286 g/mol. The Kier molecular flexibility index (Phi) is 3.97. The summed E-state index contributed by atoms with van der Waals surface area (Å²) in [7, 11) is 1.85. The number of rotatable bonds is 3. The summed E-state index contributed by atoms with van der Waals surface area (Å²) in [6, 6.07) is 7.96. The number of nitrogens with zero attached hydrogens (tertiary/aromatic N) is 1. The van der Waals surface area contributed by atoms with Crippen molar-refractivity contribution in [2.24, 2.45) is 13.0 Å². The fraction of sp³-hybridized carbons (Fsp3) is 0.471. The van der Waals surface area contributed by atoms with Crippen molar-refractivity contribution in [3.63, 3.8) is 0 Å². The van der Waals surface area contributed by atoms with Gasteiger partial charge in [-0.25, -0.2) is 4.79 Å². The zero-order valence-corrected chi connectivity index (χ0v) is 12.4. The van der Waals surface area contributed by atoms with Gasteiger partial charge in [0.1, 0.15) is 5.69 Å². The van der Waals surface area contributed by atoms with Gasteiger partial charge in [-0.1, -0.05) is 18.2 Å². The lowest BCUT2D eigenvalue weighted by atomic mass is 9.92. The number of carbonyl (C=O) groups is 1. The summed E-state index contributed by atoms with van der Waals surface area (Å²) in [5.74, 6) is -0.174. The second kappa shape index (κ2) is 5.90. The normalized spacial score (nSPS) is 19.6. The number of carboxylic acid groups (broad SMARTS) is 1. The van der Waals surface area contributed by atoms with Crippen LogP contribution >= 0.6 is 0 Å². The number of aromatic carboxylic acids is 1. The van der Waals surface area contributed by atoms with Gasteiger partial charge in [-0.3, -0.25) is 0 Å². The van der Waals surface area contributed by atoms with E-state index in [0.29, 0.717) is 11.6 Å². The van der Waals surface area contributed by atoms with Gasteiger partial charge in [0.05, 0.1) is 5.52 Å². The molecule has 1 atom stereocenters. The highest BCUT2D eigenvalue weighted by Gasteiger charge is 2.18.